The van der Waals surface area contributed by atoms with Gasteiger partial charge in [-0.25, -0.2) is 12.8 Å². The van der Waals surface area contributed by atoms with Crippen LogP contribution in [-0.2, 0) is 21.4 Å². The topological polar surface area (TPSA) is 66.5 Å². The lowest BCUT2D eigenvalue weighted by atomic mass is 9.80. The van der Waals surface area contributed by atoms with E-state index in [0.717, 1.165) is 16.7 Å². The number of sulfonamides is 1. The van der Waals surface area contributed by atoms with E-state index in [1.54, 1.807) is 24.3 Å². The second kappa shape index (κ2) is 8.24. The monoisotopic (exact) mass is 418 g/mol. The van der Waals surface area contributed by atoms with Crippen LogP contribution in [0.3, 0.4) is 0 Å². The lowest BCUT2D eigenvalue weighted by Gasteiger charge is -2.37. The van der Waals surface area contributed by atoms with Crippen LogP contribution in [0.15, 0.2) is 47.4 Å². The Morgan fingerprint density at radius 3 is 2.28 bits per heavy atom. The molecule has 29 heavy (non-hydrogen) atoms. The Labute approximate surface area is 172 Å². The molecular weight excluding hydrogens is 391 g/mol. The van der Waals surface area contributed by atoms with Crippen molar-refractivity contribution in [2.45, 2.75) is 45.1 Å². The number of nitrogens with zero attached hydrogens (tertiary/aromatic N) is 1. The number of hydrogen-bond donors (Lipinski definition) is 1. The molecule has 1 fully saturated rings. The largest absolute Gasteiger partial charge is 0.352 e. The molecular formula is C22H27FN2O3S. The van der Waals surface area contributed by atoms with E-state index in [-0.39, 0.29) is 11.7 Å². The molecule has 2 aromatic rings. The number of halogens is 1. The second-order valence-electron chi connectivity index (χ2n) is 8.02. The summed E-state index contributed by atoms with van der Waals surface area (Å²) in [7, 11) is -3.57. The van der Waals surface area contributed by atoms with Gasteiger partial charge in [0.05, 0.1) is 4.90 Å². The van der Waals surface area contributed by atoms with Gasteiger partial charge in [-0.15, -0.1) is 0 Å². The minimum atomic E-state index is -3.57. The lowest BCUT2D eigenvalue weighted by Crippen LogP contribution is -2.48. The first-order valence-electron chi connectivity index (χ1n) is 9.72. The Morgan fingerprint density at radius 1 is 1.07 bits per heavy atom. The van der Waals surface area contributed by atoms with Gasteiger partial charge in [0.1, 0.15) is 5.82 Å². The van der Waals surface area contributed by atoms with Gasteiger partial charge in [-0.2, -0.15) is 4.31 Å². The van der Waals surface area contributed by atoms with Crippen molar-refractivity contribution in [3.8, 4) is 0 Å². The van der Waals surface area contributed by atoms with Gasteiger partial charge >= 0.3 is 0 Å². The van der Waals surface area contributed by atoms with Crippen LogP contribution in [0.2, 0.25) is 0 Å². The van der Waals surface area contributed by atoms with E-state index in [2.05, 4.69) is 5.32 Å². The first-order valence-corrected chi connectivity index (χ1v) is 11.2. The van der Waals surface area contributed by atoms with Crippen LogP contribution in [0.1, 0.15) is 36.5 Å². The zero-order chi connectivity index (χ0) is 21.2. The molecule has 0 unspecified atom stereocenters. The van der Waals surface area contributed by atoms with Gasteiger partial charge in [0.25, 0.3) is 0 Å². The number of amides is 1. The molecule has 0 spiro atoms. The minimum Gasteiger partial charge on any atom is -0.352 e. The van der Waals surface area contributed by atoms with Crippen LogP contribution < -0.4 is 5.32 Å². The van der Waals surface area contributed by atoms with E-state index in [0.29, 0.717) is 37.4 Å². The van der Waals surface area contributed by atoms with Crippen molar-refractivity contribution in [3.63, 3.8) is 0 Å². The summed E-state index contributed by atoms with van der Waals surface area (Å²) in [5.74, 6) is -0.422. The van der Waals surface area contributed by atoms with E-state index in [4.69, 9.17) is 0 Å². The molecule has 156 valence electrons. The summed E-state index contributed by atoms with van der Waals surface area (Å²) >= 11 is 0. The van der Waals surface area contributed by atoms with E-state index in [1.807, 2.05) is 26.8 Å². The molecule has 1 amide bonds. The van der Waals surface area contributed by atoms with Gasteiger partial charge in [-0.1, -0.05) is 25.1 Å². The maximum atomic E-state index is 13.0. The fraction of sp³-hybridized carbons (Fsp3) is 0.409. The summed E-state index contributed by atoms with van der Waals surface area (Å²) in [5.41, 5.74) is 2.18. The SMILES string of the molecule is Cc1ccc(S(=O)(=O)N2CCC(C)(C(=O)NCc3ccc(F)cc3)CC2)cc1C. The Morgan fingerprint density at radius 2 is 1.69 bits per heavy atom. The van der Waals surface area contributed by atoms with Crippen LogP contribution in [0.4, 0.5) is 4.39 Å². The molecule has 1 N–H and O–H groups in total. The fourth-order valence-corrected chi connectivity index (χ4v) is 5.00. The Kier molecular flexibility index (Phi) is 6.10. The number of nitrogens with one attached hydrogen (secondary N) is 1. The molecule has 1 heterocycles. The van der Waals surface area contributed by atoms with Gasteiger partial charge in [0.2, 0.25) is 15.9 Å². The number of aryl methyl sites for hydroxylation is 2. The maximum Gasteiger partial charge on any atom is 0.243 e. The first-order chi connectivity index (χ1) is 13.6. The van der Waals surface area contributed by atoms with Crippen molar-refractivity contribution in [2.24, 2.45) is 5.41 Å². The van der Waals surface area contributed by atoms with Crippen molar-refractivity contribution in [1.82, 2.24) is 9.62 Å². The number of rotatable bonds is 5. The summed E-state index contributed by atoms with van der Waals surface area (Å²) in [6, 6.07) is 11.2. The Balaban J connectivity index is 1.62. The lowest BCUT2D eigenvalue weighted by molar-refractivity contribution is -0.132. The molecule has 0 radical (unpaired) electrons. The summed E-state index contributed by atoms with van der Waals surface area (Å²) in [6.07, 6.45) is 0.901. The van der Waals surface area contributed by atoms with Gasteiger partial charge in [-0.05, 0) is 67.6 Å². The molecule has 0 saturated carbocycles. The summed E-state index contributed by atoms with van der Waals surface area (Å²) in [6.45, 7) is 6.63. The smallest absolute Gasteiger partial charge is 0.243 e. The molecule has 0 atom stereocenters. The number of carbonyl (C=O) groups is 1. The van der Waals surface area contributed by atoms with Gasteiger partial charge in [0.15, 0.2) is 0 Å². The fourth-order valence-electron chi connectivity index (χ4n) is 3.47. The normalized spacial score (nSPS) is 17.1. The van der Waals surface area contributed by atoms with Gasteiger partial charge in [-0.3, -0.25) is 4.79 Å². The molecule has 1 saturated heterocycles. The highest BCUT2D eigenvalue weighted by Gasteiger charge is 2.40. The third-order valence-electron chi connectivity index (χ3n) is 5.86. The van der Waals surface area contributed by atoms with Crippen molar-refractivity contribution < 1.29 is 17.6 Å². The predicted octanol–water partition coefficient (Wildman–Crippen LogP) is 3.55. The average Bonchev–Trinajstić information content (AvgIpc) is 2.69. The molecule has 1 aliphatic heterocycles. The van der Waals surface area contributed by atoms with Crippen molar-refractivity contribution in [3.05, 3.63) is 65.0 Å². The Bertz CT molecular complexity index is 995. The van der Waals surface area contributed by atoms with Crippen molar-refractivity contribution >= 4 is 15.9 Å². The number of benzene rings is 2. The maximum absolute atomic E-state index is 13.0. The minimum absolute atomic E-state index is 0.106. The molecule has 2 aromatic carbocycles. The third kappa shape index (κ3) is 4.67. The molecule has 0 bridgehead atoms. The van der Waals surface area contributed by atoms with Gasteiger partial charge < -0.3 is 5.32 Å². The summed E-state index contributed by atoms with van der Waals surface area (Å²) in [4.78, 5) is 13.0. The van der Waals surface area contributed by atoms with E-state index in [9.17, 15) is 17.6 Å². The molecule has 7 heteroatoms. The number of hydrogen-bond acceptors (Lipinski definition) is 3. The molecule has 0 aromatic heterocycles. The summed E-state index contributed by atoms with van der Waals surface area (Å²) < 4.78 is 40.4. The highest BCUT2D eigenvalue weighted by molar-refractivity contribution is 7.89. The molecule has 1 aliphatic rings. The number of piperidine rings is 1. The molecule has 0 aliphatic carbocycles. The quantitative estimate of drug-likeness (QED) is 0.808. The van der Waals surface area contributed by atoms with Crippen LogP contribution in [0.5, 0.6) is 0 Å². The first kappa shape index (κ1) is 21.5. The van der Waals surface area contributed by atoms with Crippen LogP contribution in [-0.4, -0.2) is 31.7 Å². The predicted molar refractivity (Wildman–Crippen MR) is 110 cm³/mol. The molecule has 3 rings (SSSR count). The third-order valence-corrected chi connectivity index (χ3v) is 7.75. The van der Waals surface area contributed by atoms with Gasteiger partial charge in [0, 0.05) is 25.0 Å². The van der Waals surface area contributed by atoms with Crippen LogP contribution >= 0.6 is 0 Å². The van der Waals surface area contributed by atoms with E-state index in [1.165, 1.54) is 16.4 Å². The van der Waals surface area contributed by atoms with E-state index >= 15 is 0 Å². The summed E-state index contributed by atoms with van der Waals surface area (Å²) in [5, 5.41) is 2.90. The average molecular weight is 419 g/mol. The second-order valence-corrected chi connectivity index (χ2v) is 9.96. The standard InChI is InChI=1S/C22H27FN2O3S/c1-16-4-9-20(14-17(16)2)29(27,28)25-12-10-22(3,11-13-25)21(26)24-15-18-5-7-19(23)8-6-18/h4-9,14H,10-13,15H2,1-3H3,(H,24,26). The molecule has 5 nitrogen and oxygen atoms in total. The zero-order valence-corrected chi connectivity index (χ0v) is 17.9. The van der Waals surface area contributed by atoms with Crippen LogP contribution in [0, 0.1) is 25.1 Å². The zero-order valence-electron chi connectivity index (χ0n) is 17.0. The van der Waals surface area contributed by atoms with Crippen LogP contribution in [0.25, 0.3) is 0 Å². The highest BCUT2D eigenvalue weighted by Crippen LogP contribution is 2.34. The Hall–Kier alpha value is -2.25. The highest BCUT2D eigenvalue weighted by atomic mass is 32.2. The van der Waals surface area contributed by atoms with E-state index < -0.39 is 15.4 Å². The number of carbonyl (C=O) groups excluding carboxylic acids is 1. The van der Waals surface area contributed by atoms with Crippen molar-refractivity contribution in [2.75, 3.05) is 13.1 Å². The van der Waals surface area contributed by atoms with Crippen molar-refractivity contribution in [1.29, 1.82) is 0 Å².